The maximum absolute atomic E-state index is 9.49. The smallest absolute Gasteiger partial charge is 0.166 e. The first kappa shape index (κ1) is 15.5. The van der Waals surface area contributed by atoms with Crippen molar-refractivity contribution in [2.75, 3.05) is 27.5 Å². The summed E-state index contributed by atoms with van der Waals surface area (Å²) in [5.41, 5.74) is 0.703. The molecule has 0 aliphatic carbocycles. The van der Waals surface area contributed by atoms with E-state index < -0.39 is 12.3 Å². The average molecular weight is 333 g/mol. The summed E-state index contributed by atoms with van der Waals surface area (Å²) in [5.74, 6) is 0.587. The van der Waals surface area contributed by atoms with Gasteiger partial charge in [-0.1, -0.05) is 0 Å². The standard InChI is InChI=1S/C15H19N5O4/c1-19(2)7-18-13-9-3-4-20(14(9)17-6-16-13)15-12-11(22-8-23-12)10(5-21)24-15/h3-4,6-7,10-12,15,21H,5,8H2,1-2H3/t10-,11-,12-,15-/m1/s1. The monoisotopic (exact) mass is 333 g/mol. The molecule has 4 atom stereocenters. The van der Waals surface area contributed by atoms with Crippen molar-refractivity contribution in [2.45, 2.75) is 24.5 Å². The largest absolute Gasteiger partial charge is 0.394 e. The van der Waals surface area contributed by atoms with E-state index in [0.717, 1.165) is 5.39 Å². The topological polar surface area (TPSA) is 94.2 Å². The third-order valence-corrected chi connectivity index (χ3v) is 4.16. The fourth-order valence-electron chi connectivity index (χ4n) is 3.09. The van der Waals surface area contributed by atoms with Crippen molar-refractivity contribution in [3.05, 3.63) is 18.6 Å². The molecule has 24 heavy (non-hydrogen) atoms. The molecule has 1 N–H and O–H groups in total. The van der Waals surface area contributed by atoms with Gasteiger partial charge in [0.25, 0.3) is 0 Å². The van der Waals surface area contributed by atoms with Gasteiger partial charge >= 0.3 is 0 Å². The van der Waals surface area contributed by atoms with E-state index in [4.69, 9.17) is 14.2 Å². The zero-order chi connectivity index (χ0) is 16.7. The molecule has 0 aromatic carbocycles. The molecule has 9 nitrogen and oxygen atoms in total. The van der Waals surface area contributed by atoms with Crippen molar-refractivity contribution in [3.63, 3.8) is 0 Å². The number of rotatable bonds is 4. The minimum absolute atomic E-state index is 0.117. The Morgan fingerprint density at radius 2 is 2.21 bits per heavy atom. The summed E-state index contributed by atoms with van der Waals surface area (Å²) in [6.07, 6.45) is 3.67. The number of hydrogen-bond donors (Lipinski definition) is 1. The Balaban J connectivity index is 1.72. The summed E-state index contributed by atoms with van der Waals surface area (Å²) in [6, 6.07) is 1.90. The molecule has 2 aliphatic heterocycles. The molecule has 2 aromatic heterocycles. The lowest BCUT2D eigenvalue weighted by Gasteiger charge is -2.18. The Labute approximate surface area is 138 Å². The predicted molar refractivity (Wildman–Crippen MR) is 85.0 cm³/mol. The van der Waals surface area contributed by atoms with Crippen LogP contribution in [0, 0.1) is 0 Å². The fourth-order valence-corrected chi connectivity index (χ4v) is 3.09. The molecule has 0 bridgehead atoms. The Bertz CT molecular complexity index is 761. The van der Waals surface area contributed by atoms with E-state index in [0.29, 0.717) is 11.5 Å². The lowest BCUT2D eigenvalue weighted by atomic mass is 10.1. The molecule has 0 saturated carbocycles. The molecular weight excluding hydrogens is 314 g/mol. The zero-order valence-corrected chi connectivity index (χ0v) is 13.4. The van der Waals surface area contributed by atoms with Gasteiger partial charge in [0.05, 0.1) is 18.3 Å². The van der Waals surface area contributed by atoms with Gasteiger partial charge in [-0.05, 0) is 6.07 Å². The second-order valence-corrected chi connectivity index (χ2v) is 5.99. The summed E-state index contributed by atoms with van der Waals surface area (Å²) in [5, 5.41) is 10.3. The molecule has 2 aromatic rings. The van der Waals surface area contributed by atoms with Crippen LogP contribution in [0.25, 0.3) is 11.0 Å². The highest BCUT2D eigenvalue weighted by atomic mass is 16.7. The van der Waals surface area contributed by atoms with Gasteiger partial charge in [0.15, 0.2) is 12.0 Å². The van der Waals surface area contributed by atoms with Gasteiger partial charge in [-0.25, -0.2) is 15.0 Å². The number of aromatic nitrogens is 3. The molecule has 0 amide bonds. The summed E-state index contributed by atoms with van der Waals surface area (Å²) < 4.78 is 19.0. The quantitative estimate of drug-likeness (QED) is 0.634. The normalized spacial score (nSPS) is 29.6. The zero-order valence-electron chi connectivity index (χ0n) is 13.4. The second kappa shape index (κ2) is 6.10. The van der Waals surface area contributed by atoms with Gasteiger partial charge < -0.3 is 28.8 Å². The minimum Gasteiger partial charge on any atom is -0.394 e. The number of aliphatic hydroxyl groups is 1. The molecule has 0 spiro atoms. The highest BCUT2D eigenvalue weighted by Crippen LogP contribution is 2.39. The molecule has 0 radical (unpaired) electrons. The molecule has 4 heterocycles. The number of fused-ring (bicyclic) bond motifs is 2. The van der Waals surface area contributed by atoms with Gasteiger partial charge in [-0.2, -0.15) is 0 Å². The lowest BCUT2D eigenvalue weighted by Crippen LogP contribution is -2.30. The van der Waals surface area contributed by atoms with Gasteiger partial charge in [-0.15, -0.1) is 0 Å². The number of aliphatic hydroxyl groups excluding tert-OH is 1. The Morgan fingerprint density at radius 1 is 1.38 bits per heavy atom. The summed E-state index contributed by atoms with van der Waals surface area (Å²) >= 11 is 0. The highest BCUT2D eigenvalue weighted by molar-refractivity contribution is 5.87. The molecule has 9 heteroatoms. The third kappa shape index (κ3) is 2.46. The Kier molecular flexibility index (Phi) is 3.93. The van der Waals surface area contributed by atoms with E-state index in [2.05, 4.69) is 15.0 Å². The third-order valence-electron chi connectivity index (χ3n) is 4.16. The van der Waals surface area contributed by atoms with Gasteiger partial charge in [0, 0.05) is 20.3 Å². The number of aliphatic imine (C=N–C) groups is 1. The van der Waals surface area contributed by atoms with Gasteiger partial charge in [0.1, 0.15) is 37.1 Å². The highest BCUT2D eigenvalue weighted by Gasteiger charge is 2.50. The molecular formula is C15H19N5O4. The maximum Gasteiger partial charge on any atom is 0.166 e. The van der Waals surface area contributed by atoms with Crippen LogP contribution in [0.4, 0.5) is 5.82 Å². The SMILES string of the molecule is CN(C)C=Nc1ncnc2c1ccn2[C@@H]1O[C@H](CO)[C@H]2OCO[C@H]21. The summed E-state index contributed by atoms with van der Waals surface area (Å²) in [4.78, 5) is 14.8. The lowest BCUT2D eigenvalue weighted by molar-refractivity contribution is -0.108. The van der Waals surface area contributed by atoms with E-state index in [-0.39, 0.29) is 25.6 Å². The summed E-state index contributed by atoms with van der Waals surface area (Å²) in [7, 11) is 3.79. The van der Waals surface area contributed by atoms with Crippen molar-refractivity contribution < 1.29 is 19.3 Å². The van der Waals surface area contributed by atoms with E-state index in [1.807, 2.05) is 35.8 Å². The Morgan fingerprint density at radius 3 is 3.00 bits per heavy atom. The molecule has 128 valence electrons. The van der Waals surface area contributed by atoms with Crippen LogP contribution in [-0.4, -0.2) is 76.7 Å². The van der Waals surface area contributed by atoms with Crippen LogP contribution in [0.1, 0.15) is 6.23 Å². The minimum atomic E-state index is -0.410. The Hall–Kier alpha value is -2.07. The van der Waals surface area contributed by atoms with E-state index >= 15 is 0 Å². The predicted octanol–water partition coefficient (Wildman–Crippen LogP) is 0.284. The molecule has 2 fully saturated rings. The van der Waals surface area contributed by atoms with Crippen LogP contribution < -0.4 is 0 Å². The molecule has 2 aliphatic rings. The van der Waals surface area contributed by atoms with Gasteiger partial charge in [0.2, 0.25) is 0 Å². The first-order valence-corrected chi connectivity index (χ1v) is 7.70. The fraction of sp³-hybridized carbons (Fsp3) is 0.533. The number of hydrogen-bond acceptors (Lipinski definition) is 7. The first-order valence-electron chi connectivity index (χ1n) is 7.70. The van der Waals surface area contributed by atoms with Crippen molar-refractivity contribution in [1.82, 2.24) is 19.4 Å². The molecule has 4 rings (SSSR count). The van der Waals surface area contributed by atoms with Crippen molar-refractivity contribution in [3.8, 4) is 0 Å². The van der Waals surface area contributed by atoms with Crippen molar-refractivity contribution >= 4 is 23.2 Å². The first-order chi connectivity index (χ1) is 11.7. The second-order valence-electron chi connectivity index (χ2n) is 5.99. The van der Waals surface area contributed by atoms with Crippen LogP contribution in [0.15, 0.2) is 23.6 Å². The number of ether oxygens (including phenoxy) is 3. The summed E-state index contributed by atoms with van der Waals surface area (Å²) in [6.45, 7) is 0.0891. The van der Waals surface area contributed by atoms with Crippen molar-refractivity contribution in [2.24, 2.45) is 4.99 Å². The maximum atomic E-state index is 9.49. The van der Waals surface area contributed by atoms with E-state index in [1.54, 1.807) is 6.34 Å². The van der Waals surface area contributed by atoms with Crippen LogP contribution >= 0.6 is 0 Å². The van der Waals surface area contributed by atoms with Gasteiger partial charge in [-0.3, -0.25) is 0 Å². The van der Waals surface area contributed by atoms with E-state index in [1.165, 1.54) is 6.33 Å². The molecule has 2 saturated heterocycles. The number of nitrogens with zero attached hydrogens (tertiary/aromatic N) is 5. The van der Waals surface area contributed by atoms with Crippen LogP contribution in [0.5, 0.6) is 0 Å². The van der Waals surface area contributed by atoms with E-state index in [9.17, 15) is 5.11 Å². The molecule has 0 unspecified atom stereocenters. The van der Waals surface area contributed by atoms with Crippen LogP contribution in [-0.2, 0) is 14.2 Å². The van der Waals surface area contributed by atoms with Crippen LogP contribution in [0.2, 0.25) is 0 Å². The van der Waals surface area contributed by atoms with Crippen molar-refractivity contribution in [1.29, 1.82) is 0 Å². The van der Waals surface area contributed by atoms with Crippen LogP contribution in [0.3, 0.4) is 0 Å². The average Bonchev–Trinajstić information content (AvgIpc) is 3.27.